The van der Waals surface area contributed by atoms with Crippen molar-refractivity contribution in [3.8, 4) is 0 Å². The van der Waals surface area contributed by atoms with Crippen molar-refractivity contribution in [2.45, 2.75) is 72.8 Å². The van der Waals surface area contributed by atoms with Crippen LogP contribution in [0.4, 0.5) is 0 Å². The number of nitrogens with zero attached hydrogens (tertiary/aromatic N) is 1. The predicted molar refractivity (Wildman–Crippen MR) is 110 cm³/mol. The van der Waals surface area contributed by atoms with Crippen LogP contribution in [-0.2, 0) is 4.79 Å². The van der Waals surface area contributed by atoms with E-state index >= 15 is 0 Å². The van der Waals surface area contributed by atoms with Crippen LogP contribution in [0.25, 0.3) is 0 Å². The lowest BCUT2D eigenvalue weighted by atomic mass is 9.64. The highest BCUT2D eigenvalue weighted by Crippen LogP contribution is 2.44. The van der Waals surface area contributed by atoms with Gasteiger partial charge in [0.05, 0.1) is 0 Å². The fourth-order valence-corrected chi connectivity index (χ4v) is 3.87. The maximum Gasteiger partial charge on any atom is 0.209 e. The van der Waals surface area contributed by atoms with E-state index in [1.54, 1.807) is 11.9 Å². The zero-order chi connectivity index (χ0) is 19.5. The van der Waals surface area contributed by atoms with Gasteiger partial charge >= 0.3 is 0 Å². The molecule has 3 nitrogen and oxygen atoms in total. The summed E-state index contributed by atoms with van der Waals surface area (Å²) < 4.78 is 0. The van der Waals surface area contributed by atoms with Gasteiger partial charge in [-0.05, 0) is 48.5 Å². The van der Waals surface area contributed by atoms with Crippen LogP contribution < -0.4 is 5.73 Å². The van der Waals surface area contributed by atoms with Gasteiger partial charge in [-0.1, -0.05) is 65.5 Å². The molecule has 0 atom stereocenters. The Morgan fingerprint density at radius 1 is 1.24 bits per heavy atom. The lowest BCUT2D eigenvalue weighted by Crippen LogP contribution is -2.40. The summed E-state index contributed by atoms with van der Waals surface area (Å²) in [5.74, 6) is 0. The average Bonchev–Trinajstić information content (AvgIpc) is 2.47. The molecule has 0 aromatic heterocycles. The Kier molecular flexibility index (Phi) is 10.7. The Morgan fingerprint density at radius 3 is 2.20 bits per heavy atom. The molecule has 0 heterocycles. The first-order valence-corrected chi connectivity index (χ1v) is 9.44. The lowest BCUT2D eigenvalue weighted by Gasteiger charge is -2.43. The van der Waals surface area contributed by atoms with Crippen molar-refractivity contribution in [2.24, 2.45) is 16.6 Å². The van der Waals surface area contributed by atoms with Crippen molar-refractivity contribution in [2.75, 3.05) is 13.6 Å². The largest absolute Gasteiger partial charge is 0.348 e. The molecule has 0 spiro atoms. The molecule has 0 aliphatic heterocycles. The average molecular weight is 349 g/mol. The van der Waals surface area contributed by atoms with Crippen LogP contribution in [0.5, 0.6) is 0 Å². The highest BCUT2D eigenvalue weighted by Gasteiger charge is 2.36. The monoisotopic (exact) mass is 348 g/mol. The fraction of sp³-hybridized carbons (Fsp3) is 0.682. The van der Waals surface area contributed by atoms with Crippen molar-refractivity contribution < 1.29 is 4.79 Å². The summed E-state index contributed by atoms with van der Waals surface area (Å²) in [4.78, 5) is 12.0. The Bertz CT molecular complexity index is 445. The molecule has 0 radical (unpaired) electrons. The van der Waals surface area contributed by atoms with Crippen LogP contribution in [0.1, 0.15) is 66.7 Å². The molecule has 3 heteroatoms. The van der Waals surface area contributed by atoms with Gasteiger partial charge in [-0.2, -0.15) is 0 Å². The van der Waals surface area contributed by atoms with E-state index in [1.165, 1.54) is 19.3 Å². The maximum atomic E-state index is 10.3. The fourth-order valence-electron chi connectivity index (χ4n) is 3.87. The number of carbonyl (C=O) groups excluding carboxylic acids is 1. The first-order valence-electron chi connectivity index (χ1n) is 9.44. The minimum absolute atomic E-state index is 0.425. The van der Waals surface area contributed by atoms with Crippen molar-refractivity contribution in [3.63, 3.8) is 0 Å². The van der Waals surface area contributed by atoms with Crippen LogP contribution in [0.2, 0.25) is 0 Å². The Balaban J connectivity index is 0.000000472. The molecule has 0 aromatic carbocycles. The second-order valence-corrected chi connectivity index (χ2v) is 8.79. The van der Waals surface area contributed by atoms with E-state index in [1.807, 2.05) is 18.2 Å². The first-order chi connectivity index (χ1) is 11.5. The van der Waals surface area contributed by atoms with Gasteiger partial charge in [0, 0.05) is 19.6 Å². The maximum absolute atomic E-state index is 10.3. The molecular formula is C22H40N2O. The SMILES string of the molecule is C=C/C(=C\C=C/CC)CCN(C)C=O.CC1(C)CC(N)CC(C)(C)C1. The number of hydrogen-bond donors (Lipinski definition) is 1. The summed E-state index contributed by atoms with van der Waals surface area (Å²) in [6.45, 7) is 15.9. The van der Waals surface area contributed by atoms with E-state index < -0.39 is 0 Å². The van der Waals surface area contributed by atoms with Crippen LogP contribution in [0.15, 0.2) is 36.5 Å². The minimum Gasteiger partial charge on any atom is -0.348 e. The number of allylic oxidation sites excluding steroid dienone is 4. The van der Waals surface area contributed by atoms with Crippen LogP contribution in [0.3, 0.4) is 0 Å². The molecule has 1 rings (SSSR count). The summed E-state index contributed by atoms with van der Waals surface area (Å²) in [7, 11) is 1.77. The number of amides is 1. The van der Waals surface area contributed by atoms with E-state index in [4.69, 9.17) is 5.73 Å². The molecule has 0 saturated heterocycles. The van der Waals surface area contributed by atoms with Crippen molar-refractivity contribution in [1.82, 2.24) is 4.90 Å². The molecule has 25 heavy (non-hydrogen) atoms. The van der Waals surface area contributed by atoms with Gasteiger partial charge in [0.25, 0.3) is 0 Å². The summed E-state index contributed by atoms with van der Waals surface area (Å²) >= 11 is 0. The van der Waals surface area contributed by atoms with Gasteiger partial charge in [0.1, 0.15) is 0 Å². The minimum atomic E-state index is 0.425. The predicted octanol–water partition coefficient (Wildman–Crippen LogP) is 5.09. The summed E-state index contributed by atoms with van der Waals surface area (Å²) in [5, 5.41) is 0. The smallest absolute Gasteiger partial charge is 0.209 e. The topological polar surface area (TPSA) is 46.3 Å². The van der Waals surface area contributed by atoms with Crippen LogP contribution in [-0.4, -0.2) is 30.9 Å². The molecule has 1 aliphatic rings. The number of hydrogen-bond acceptors (Lipinski definition) is 2. The highest BCUT2D eigenvalue weighted by molar-refractivity contribution is 5.46. The van der Waals surface area contributed by atoms with E-state index in [0.29, 0.717) is 16.9 Å². The van der Waals surface area contributed by atoms with Gasteiger partial charge < -0.3 is 10.6 Å². The summed E-state index contributed by atoms with van der Waals surface area (Å²) in [6.07, 6.45) is 14.4. The standard InChI is InChI=1S/C12H19NO.C10H21N/c1-4-6-7-8-12(5-2)9-10-13(3)11-14;1-9(2)5-8(11)6-10(3,4)7-9/h5-8,11H,2,4,9-10H2,1,3H3;8H,5-7,11H2,1-4H3/b7-6-,12-8+;. The Labute approximate surface area is 156 Å². The normalized spacial score (nSPS) is 19.9. The molecule has 1 saturated carbocycles. The second-order valence-electron chi connectivity index (χ2n) is 8.79. The third-order valence-electron chi connectivity index (χ3n) is 4.46. The molecule has 0 aromatic rings. The Hall–Kier alpha value is -1.35. The van der Waals surface area contributed by atoms with Gasteiger partial charge in [-0.3, -0.25) is 4.79 Å². The zero-order valence-corrected chi connectivity index (χ0v) is 17.3. The lowest BCUT2D eigenvalue weighted by molar-refractivity contribution is -0.116. The van der Waals surface area contributed by atoms with Crippen molar-refractivity contribution in [1.29, 1.82) is 0 Å². The first kappa shape index (κ1) is 23.6. The number of carbonyl (C=O) groups is 1. The highest BCUT2D eigenvalue weighted by atomic mass is 16.1. The third-order valence-corrected chi connectivity index (χ3v) is 4.46. The number of nitrogens with two attached hydrogens (primary N) is 1. The molecule has 0 unspecified atom stereocenters. The molecule has 2 N–H and O–H groups in total. The van der Waals surface area contributed by atoms with Gasteiger partial charge in [-0.15, -0.1) is 0 Å². The van der Waals surface area contributed by atoms with Crippen molar-refractivity contribution >= 4 is 6.41 Å². The van der Waals surface area contributed by atoms with E-state index in [2.05, 4.69) is 47.3 Å². The molecule has 0 bridgehead atoms. The van der Waals surface area contributed by atoms with E-state index in [-0.39, 0.29) is 0 Å². The van der Waals surface area contributed by atoms with Gasteiger partial charge in [0.2, 0.25) is 6.41 Å². The molecule has 144 valence electrons. The summed E-state index contributed by atoms with van der Waals surface area (Å²) in [6, 6.07) is 0.425. The van der Waals surface area contributed by atoms with Gasteiger partial charge in [-0.25, -0.2) is 0 Å². The van der Waals surface area contributed by atoms with E-state index in [9.17, 15) is 4.79 Å². The van der Waals surface area contributed by atoms with Crippen LogP contribution >= 0.6 is 0 Å². The summed E-state index contributed by atoms with van der Waals surface area (Å²) in [5.41, 5.74) is 8.06. The second kappa shape index (κ2) is 11.3. The third kappa shape index (κ3) is 11.8. The van der Waals surface area contributed by atoms with Gasteiger partial charge in [0.15, 0.2) is 0 Å². The van der Waals surface area contributed by atoms with Crippen molar-refractivity contribution in [3.05, 3.63) is 36.5 Å². The number of rotatable bonds is 7. The zero-order valence-electron chi connectivity index (χ0n) is 17.3. The molecule has 1 aliphatic carbocycles. The molecular weight excluding hydrogens is 308 g/mol. The molecule has 1 fully saturated rings. The molecule has 1 amide bonds. The van der Waals surface area contributed by atoms with Crippen LogP contribution in [0, 0.1) is 10.8 Å². The van der Waals surface area contributed by atoms with E-state index in [0.717, 1.165) is 31.4 Å². The quantitative estimate of drug-likeness (QED) is 0.514. The Morgan fingerprint density at radius 2 is 1.80 bits per heavy atom.